The molecular formula is C21H28N2O3S. The van der Waals surface area contributed by atoms with Crippen molar-refractivity contribution in [2.75, 3.05) is 33.9 Å². The fourth-order valence-electron chi connectivity index (χ4n) is 3.74. The SMILES string of the molecule is CCC1c2ccsc2CCN1CC(=O)NCCc1ccc(OC)c(OC)c1. The van der Waals surface area contributed by atoms with Crippen LogP contribution in [0.15, 0.2) is 29.6 Å². The second-order valence-corrected chi connectivity index (χ2v) is 7.73. The first kappa shape index (κ1) is 19.7. The molecule has 1 aromatic heterocycles. The van der Waals surface area contributed by atoms with Crippen LogP contribution >= 0.6 is 11.3 Å². The monoisotopic (exact) mass is 388 g/mol. The Labute approximate surface area is 165 Å². The van der Waals surface area contributed by atoms with Crippen LogP contribution in [0.1, 0.15) is 35.4 Å². The Morgan fingerprint density at radius 2 is 2.07 bits per heavy atom. The molecule has 1 unspecified atom stereocenters. The molecule has 5 nitrogen and oxygen atoms in total. The van der Waals surface area contributed by atoms with Crippen LogP contribution in [0.5, 0.6) is 11.5 Å². The number of hydrogen-bond acceptors (Lipinski definition) is 5. The van der Waals surface area contributed by atoms with Gasteiger partial charge in [-0.05, 0) is 54.0 Å². The molecule has 3 rings (SSSR count). The standard InChI is InChI=1S/C21H28N2O3S/c1-4-17-16-9-12-27-20(16)8-11-23(17)14-21(24)22-10-7-15-5-6-18(25-2)19(13-15)26-3/h5-6,9,12-13,17H,4,7-8,10-11,14H2,1-3H3,(H,22,24). The molecular weight excluding hydrogens is 360 g/mol. The lowest BCUT2D eigenvalue weighted by molar-refractivity contribution is -0.122. The number of carbonyl (C=O) groups is 1. The fraction of sp³-hybridized carbons (Fsp3) is 0.476. The van der Waals surface area contributed by atoms with E-state index in [9.17, 15) is 4.79 Å². The smallest absolute Gasteiger partial charge is 0.234 e. The highest BCUT2D eigenvalue weighted by molar-refractivity contribution is 7.10. The molecule has 0 radical (unpaired) electrons. The summed E-state index contributed by atoms with van der Waals surface area (Å²) in [5, 5.41) is 5.22. The largest absolute Gasteiger partial charge is 0.493 e. The number of ether oxygens (including phenoxy) is 2. The number of thiophene rings is 1. The minimum Gasteiger partial charge on any atom is -0.493 e. The van der Waals surface area contributed by atoms with Crippen molar-refractivity contribution in [2.24, 2.45) is 0 Å². The molecule has 0 fully saturated rings. The van der Waals surface area contributed by atoms with Gasteiger partial charge < -0.3 is 14.8 Å². The molecule has 1 aromatic carbocycles. The molecule has 0 saturated heterocycles. The molecule has 1 aliphatic heterocycles. The molecule has 1 amide bonds. The molecule has 1 atom stereocenters. The molecule has 0 saturated carbocycles. The average Bonchev–Trinajstić information content (AvgIpc) is 3.16. The zero-order valence-electron chi connectivity index (χ0n) is 16.3. The van der Waals surface area contributed by atoms with Gasteiger partial charge in [0, 0.05) is 24.0 Å². The van der Waals surface area contributed by atoms with Crippen molar-refractivity contribution >= 4 is 17.2 Å². The minimum atomic E-state index is 0.0904. The van der Waals surface area contributed by atoms with E-state index in [0.29, 0.717) is 30.6 Å². The topological polar surface area (TPSA) is 50.8 Å². The molecule has 146 valence electrons. The highest BCUT2D eigenvalue weighted by Gasteiger charge is 2.27. The Kier molecular flexibility index (Phi) is 6.74. The maximum absolute atomic E-state index is 12.4. The third-order valence-corrected chi connectivity index (χ3v) is 6.12. The van der Waals surface area contributed by atoms with Gasteiger partial charge >= 0.3 is 0 Å². The molecule has 0 aliphatic carbocycles. The van der Waals surface area contributed by atoms with Crippen molar-refractivity contribution < 1.29 is 14.3 Å². The highest BCUT2D eigenvalue weighted by Crippen LogP contribution is 2.34. The van der Waals surface area contributed by atoms with Crippen LogP contribution in [0.4, 0.5) is 0 Å². The van der Waals surface area contributed by atoms with Gasteiger partial charge in [0.1, 0.15) is 0 Å². The lowest BCUT2D eigenvalue weighted by atomic mass is 9.98. The zero-order chi connectivity index (χ0) is 19.2. The van der Waals surface area contributed by atoms with Gasteiger partial charge in [0.25, 0.3) is 0 Å². The van der Waals surface area contributed by atoms with Crippen LogP contribution in [0, 0.1) is 0 Å². The van der Waals surface area contributed by atoms with Crippen LogP contribution in [0.3, 0.4) is 0 Å². The number of carbonyl (C=O) groups excluding carboxylic acids is 1. The third-order valence-electron chi connectivity index (χ3n) is 5.12. The van der Waals surface area contributed by atoms with E-state index >= 15 is 0 Å². The minimum absolute atomic E-state index is 0.0904. The van der Waals surface area contributed by atoms with Gasteiger partial charge in [-0.2, -0.15) is 0 Å². The molecule has 0 spiro atoms. The van der Waals surface area contributed by atoms with Crippen molar-refractivity contribution in [3.63, 3.8) is 0 Å². The highest BCUT2D eigenvalue weighted by atomic mass is 32.1. The average molecular weight is 389 g/mol. The molecule has 2 heterocycles. The molecule has 2 aromatic rings. The second kappa shape index (κ2) is 9.24. The summed E-state index contributed by atoms with van der Waals surface area (Å²) in [7, 11) is 3.26. The fourth-order valence-corrected chi connectivity index (χ4v) is 4.67. The number of hydrogen-bond donors (Lipinski definition) is 1. The molecule has 0 bridgehead atoms. The Bertz CT molecular complexity index is 775. The number of amides is 1. The molecule has 1 aliphatic rings. The number of nitrogens with one attached hydrogen (secondary N) is 1. The second-order valence-electron chi connectivity index (χ2n) is 6.73. The van der Waals surface area contributed by atoms with Crippen LogP contribution < -0.4 is 14.8 Å². The van der Waals surface area contributed by atoms with Crippen molar-refractivity contribution in [2.45, 2.75) is 32.2 Å². The summed E-state index contributed by atoms with van der Waals surface area (Å²) in [4.78, 5) is 16.2. The number of fused-ring (bicyclic) bond motifs is 1. The van der Waals surface area contributed by atoms with Crippen LogP contribution in [-0.2, 0) is 17.6 Å². The summed E-state index contributed by atoms with van der Waals surface area (Å²) in [6.07, 6.45) is 2.84. The third kappa shape index (κ3) is 4.62. The quantitative estimate of drug-likeness (QED) is 0.753. The van der Waals surface area contributed by atoms with E-state index in [-0.39, 0.29) is 5.91 Å². The Hall–Kier alpha value is -2.05. The summed E-state index contributed by atoms with van der Waals surface area (Å²) in [5.41, 5.74) is 2.52. The van der Waals surface area contributed by atoms with Crippen LogP contribution in [0.25, 0.3) is 0 Å². The van der Waals surface area contributed by atoms with E-state index in [1.54, 1.807) is 14.2 Å². The van der Waals surface area contributed by atoms with Gasteiger partial charge in [-0.25, -0.2) is 0 Å². The van der Waals surface area contributed by atoms with E-state index in [0.717, 1.165) is 31.4 Å². The lowest BCUT2D eigenvalue weighted by Gasteiger charge is -2.34. The molecule has 27 heavy (non-hydrogen) atoms. The van der Waals surface area contributed by atoms with E-state index in [2.05, 4.69) is 28.6 Å². The first-order valence-corrected chi connectivity index (χ1v) is 10.3. The predicted octanol–water partition coefficient (Wildman–Crippen LogP) is 3.43. The van der Waals surface area contributed by atoms with Gasteiger partial charge in [-0.1, -0.05) is 13.0 Å². The summed E-state index contributed by atoms with van der Waals surface area (Å²) in [6.45, 7) is 4.22. The number of rotatable bonds is 8. The van der Waals surface area contributed by atoms with E-state index in [4.69, 9.17) is 9.47 Å². The van der Waals surface area contributed by atoms with E-state index < -0.39 is 0 Å². The van der Waals surface area contributed by atoms with Crippen molar-refractivity contribution in [3.8, 4) is 11.5 Å². The number of nitrogens with zero attached hydrogens (tertiary/aromatic N) is 1. The van der Waals surface area contributed by atoms with Crippen molar-refractivity contribution in [3.05, 3.63) is 45.6 Å². The summed E-state index contributed by atoms with van der Waals surface area (Å²) in [6, 6.07) is 8.43. The Morgan fingerprint density at radius 1 is 1.26 bits per heavy atom. The van der Waals surface area contributed by atoms with Gasteiger partial charge in [0.15, 0.2) is 11.5 Å². The lowest BCUT2D eigenvalue weighted by Crippen LogP contribution is -2.42. The summed E-state index contributed by atoms with van der Waals surface area (Å²) < 4.78 is 10.6. The van der Waals surface area contributed by atoms with Gasteiger partial charge in [0.05, 0.1) is 20.8 Å². The van der Waals surface area contributed by atoms with E-state index in [1.165, 1.54) is 10.4 Å². The first-order valence-electron chi connectivity index (χ1n) is 9.44. The van der Waals surface area contributed by atoms with Gasteiger partial charge in [-0.15, -0.1) is 11.3 Å². The maximum atomic E-state index is 12.4. The van der Waals surface area contributed by atoms with Gasteiger partial charge in [0.2, 0.25) is 5.91 Å². The molecule has 6 heteroatoms. The zero-order valence-corrected chi connectivity index (χ0v) is 17.1. The normalized spacial score (nSPS) is 16.6. The summed E-state index contributed by atoms with van der Waals surface area (Å²) >= 11 is 1.84. The first-order chi connectivity index (χ1) is 13.2. The predicted molar refractivity (Wildman–Crippen MR) is 109 cm³/mol. The van der Waals surface area contributed by atoms with Crippen molar-refractivity contribution in [1.82, 2.24) is 10.2 Å². The summed E-state index contributed by atoms with van der Waals surface area (Å²) in [5.74, 6) is 1.52. The Morgan fingerprint density at radius 3 is 2.81 bits per heavy atom. The maximum Gasteiger partial charge on any atom is 0.234 e. The Balaban J connectivity index is 1.50. The van der Waals surface area contributed by atoms with E-state index in [1.807, 2.05) is 29.5 Å². The number of methoxy groups -OCH3 is 2. The number of benzene rings is 1. The van der Waals surface area contributed by atoms with Crippen LogP contribution in [-0.4, -0.2) is 44.7 Å². The van der Waals surface area contributed by atoms with Crippen molar-refractivity contribution in [1.29, 1.82) is 0 Å². The van der Waals surface area contributed by atoms with Gasteiger partial charge in [-0.3, -0.25) is 9.69 Å². The molecule has 1 N–H and O–H groups in total. The van der Waals surface area contributed by atoms with Crippen LogP contribution in [0.2, 0.25) is 0 Å².